The minimum absolute atomic E-state index is 0.0648. The Labute approximate surface area is 135 Å². The highest BCUT2D eigenvalue weighted by atomic mass is 19.3. The number of benzene rings is 2. The summed E-state index contributed by atoms with van der Waals surface area (Å²) in [6, 6.07) is 10.6. The van der Waals surface area contributed by atoms with E-state index in [1.807, 2.05) is 0 Å². The van der Waals surface area contributed by atoms with Gasteiger partial charge in [-0.3, -0.25) is 0 Å². The van der Waals surface area contributed by atoms with Crippen LogP contribution in [-0.4, -0.2) is 25.2 Å². The monoisotopic (exact) mass is 337 g/mol. The Morgan fingerprint density at radius 3 is 1.92 bits per heavy atom. The van der Waals surface area contributed by atoms with Crippen LogP contribution in [0.4, 0.5) is 8.78 Å². The van der Waals surface area contributed by atoms with Gasteiger partial charge in [-0.05, 0) is 48.5 Å². The van der Waals surface area contributed by atoms with Crippen molar-refractivity contribution >= 4 is 11.9 Å². The van der Waals surface area contributed by atoms with Gasteiger partial charge < -0.3 is 24.1 Å². The molecule has 0 N–H and O–H groups in total. The van der Waals surface area contributed by atoms with Crippen LogP contribution in [0.2, 0.25) is 0 Å². The Morgan fingerprint density at radius 2 is 1.42 bits per heavy atom. The van der Waals surface area contributed by atoms with Gasteiger partial charge in [-0.25, -0.2) is 4.79 Å². The fourth-order valence-corrected chi connectivity index (χ4v) is 1.66. The Hall–Kier alpha value is -3.16. The van der Waals surface area contributed by atoms with E-state index in [0.29, 0.717) is 5.75 Å². The van der Waals surface area contributed by atoms with Crippen LogP contribution in [0.25, 0.3) is 0 Å². The quantitative estimate of drug-likeness (QED) is 0.588. The first-order valence-corrected chi connectivity index (χ1v) is 6.56. The first-order chi connectivity index (χ1) is 11.3. The number of methoxy groups -OCH3 is 1. The van der Waals surface area contributed by atoms with Gasteiger partial charge in [0.05, 0.1) is 12.7 Å². The molecule has 0 heterocycles. The van der Waals surface area contributed by atoms with Crippen LogP contribution in [0.1, 0.15) is 10.4 Å². The minimum atomic E-state index is -4.47. The zero-order chi connectivity index (χ0) is 17.7. The first kappa shape index (κ1) is 17.2. The molecule has 0 bridgehead atoms. The number of carbonyl (C=O) groups excluding carboxylic acids is 2. The maximum Gasteiger partial charge on any atom is 0.441 e. The summed E-state index contributed by atoms with van der Waals surface area (Å²) in [7, 11) is 1.49. The third kappa shape index (κ3) is 4.19. The molecule has 0 spiro atoms. The summed E-state index contributed by atoms with van der Waals surface area (Å²) in [5.41, 5.74) is 0.0648. The maximum absolute atomic E-state index is 12.9. The maximum atomic E-state index is 12.9. The number of halogens is 2. The van der Waals surface area contributed by atoms with Gasteiger partial charge in [0.15, 0.2) is 5.97 Å². The number of hydrogen-bond acceptors (Lipinski definition) is 6. The van der Waals surface area contributed by atoms with Gasteiger partial charge in [0.2, 0.25) is 0 Å². The lowest BCUT2D eigenvalue weighted by Crippen LogP contribution is -2.45. The highest BCUT2D eigenvalue weighted by Gasteiger charge is 2.33. The molecule has 2 aromatic rings. The molecular formula is C16H11F2O6-. The molecule has 8 heteroatoms. The fourth-order valence-electron chi connectivity index (χ4n) is 1.66. The van der Waals surface area contributed by atoms with E-state index in [1.54, 1.807) is 12.1 Å². The van der Waals surface area contributed by atoms with Crippen molar-refractivity contribution in [2.45, 2.75) is 6.11 Å². The van der Waals surface area contributed by atoms with Crippen molar-refractivity contribution in [2.75, 3.05) is 7.11 Å². The molecule has 24 heavy (non-hydrogen) atoms. The van der Waals surface area contributed by atoms with Crippen LogP contribution < -0.4 is 19.3 Å². The van der Waals surface area contributed by atoms with E-state index in [4.69, 9.17) is 9.47 Å². The van der Waals surface area contributed by atoms with E-state index in [9.17, 15) is 23.5 Å². The van der Waals surface area contributed by atoms with Crippen LogP contribution in [0.3, 0.4) is 0 Å². The number of rotatable bonds is 6. The summed E-state index contributed by atoms with van der Waals surface area (Å²) in [4.78, 5) is 22.1. The smallest absolute Gasteiger partial charge is 0.441 e. The highest BCUT2D eigenvalue weighted by Crippen LogP contribution is 2.22. The van der Waals surface area contributed by atoms with Gasteiger partial charge in [-0.15, -0.1) is 0 Å². The lowest BCUT2D eigenvalue weighted by Gasteiger charge is -2.18. The summed E-state index contributed by atoms with van der Waals surface area (Å²) in [6.07, 6.45) is -4.47. The summed E-state index contributed by atoms with van der Waals surface area (Å²) in [6.45, 7) is 0. The largest absolute Gasteiger partial charge is 0.541 e. The number of alkyl halides is 2. The predicted molar refractivity (Wildman–Crippen MR) is 75.0 cm³/mol. The third-order valence-electron chi connectivity index (χ3n) is 2.84. The average Bonchev–Trinajstić information content (AvgIpc) is 2.55. The molecule has 6 nitrogen and oxygen atoms in total. The van der Waals surface area contributed by atoms with Gasteiger partial charge in [0, 0.05) is 0 Å². The molecule has 0 aliphatic heterocycles. The van der Waals surface area contributed by atoms with Crippen molar-refractivity contribution in [1.29, 1.82) is 0 Å². The standard InChI is InChI=1S/C16H12F2O6/c1-22-11-6-8-12(9-7-11)23-14(19)10-2-4-13(5-3-10)24-16(17,18)15(20)21/h2-9H,1H3,(H,20,21)/p-1. The second kappa shape index (κ2) is 6.95. The van der Waals surface area contributed by atoms with E-state index >= 15 is 0 Å². The second-order valence-corrected chi connectivity index (χ2v) is 4.50. The van der Waals surface area contributed by atoms with E-state index in [2.05, 4.69) is 4.74 Å². The van der Waals surface area contributed by atoms with Gasteiger partial charge >= 0.3 is 12.1 Å². The summed E-state index contributed by atoms with van der Waals surface area (Å²) < 4.78 is 39.7. The molecule has 0 atom stereocenters. The molecule has 0 saturated heterocycles. The van der Waals surface area contributed by atoms with Crippen molar-refractivity contribution in [3.8, 4) is 17.2 Å². The molecule has 0 fully saturated rings. The molecule has 2 aromatic carbocycles. The van der Waals surface area contributed by atoms with Crippen LogP contribution in [0.15, 0.2) is 48.5 Å². The van der Waals surface area contributed by atoms with Crippen molar-refractivity contribution in [3.63, 3.8) is 0 Å². The number of carboxylic acids is 1. The molecular weight excluding hydrogens is 326 g/mol. The van der Waals surface area contributed by atoms with Crippen molar-refractivity contribution in [2.24, 2.45) is 0 Å². The third-order valence-corrected chi connectivity index (χ3v) is 2.84. The number of esters is 1. The number of carbonyl (C=O) groups is 2. The first-order valence-electron chi connectivity index (χ1n) is 6.56. The Morgan fingerprint density at radius 1 is 0.917 bits per heavy atom. The zero-order valence-electron chi connectivity index (χ0n) is 12.3. The lowest BCUT2D eigenvalue weighted by molar-refractivity contribution is -0.350. The van der Waals surface area contributed by atoms with Gasteiger partial charge in [0.25, 0.3) is 0 Å². The normalized spacial score (nSPS) is 10.8. The van der Waals surface area contributed by atoms with E-state index in [-0.39, 0.29) is 11.3 Å². The Kier molecular flexibility index (Phi) is 4.98. The lowest BCUT2D eigenvalue weighted by atomic mass is 10.2. The molecule has 0 unspecified atom stereocenters. The minimum Gasteiger partial charge on any atom is -0.541 e. The molecule has 0 aliphatic carbocycles. The van der Waals surface area contributed by atoms with Crippen LogP contribution >= 0.6 is 0 Å². The average molecular weight is 337 g/mol. The molecule has 0 saturated carbocycles. The van der Waals surface area contributed by atoms with Gasteiger partial charge in [-0.1, -0.05) is 0 Å². The SMILES string of the molecule is COc1ccc(OC(=O)c2ccc(OC(F)(F)C(=O)[O-])cc2)cc1. The van der Waals surface area contributed by atoms with Crippen LogP contribution in [0.5, 0.6) is 17.2 Å². The van der Waals surface area contributed by atoms with E-state index in [1.165, 1.54) is 19.2 Å². The van der Waals surface area contributed by atoms with Crippen molar-refractivity contribution in [1.82, 2.24) is 0 Å². The fraction of sp³-hybridized carbons (Fsp3) is 0.125. The molecule has 0 aromatic heterocycles. The van der Waals surface area contributed by atoms with Crippen LogP contribution in [0, 0.1) is 0 Å². The predicted octanol–water partition coefficient (Wildman–Crippen LogP) is 1.64. The van der Waals surface area contributed by atoms with Gasteiger partial charge in [0.1, 0.15) is 17.2 Å². The topological polar surface area (TPSA) is 84.9 Å². The van der Waals surface area contributed by atoms with E-state index < -0.39 is 23.8 Å². The summed E-state index contributed by atoms with van der Waals surface area (Å²) in [5.74, 6) is -2.97. The molecule has 0 radical (unpaired) electrons. The molecule has 0 amide bonds. The van der Waals surface area contributed by atoms with E-state index in [0.717, 1.165) is 24.3 Å². The second-order valence-electron chi connectivity index (χ2n) is 4.50. The molecule has 0 aliphatic rings. The summed E-state index contributed by atoms with van der Waals surface area (Å²) in [5, 5.41) is 10.2. The number of hydrogen-bond donors (Lipinski definition) is 0. The van der Waals surface area contributed by atoms with Gasteiger partial charge in [-0.2, -0.15) is 8.78 Å². The van der Waals surface area contributed by atoms with Crippen molar-refractivity contribution < 1.29 is 37.7 Å². The Bertz CT molecular complexity index is 725. The van der Waals surface area contributed by atoms with Crippen molar-refractivity contribution in [3.05, 3.63) is 54.1 Å². The zero-order valence-corrected chi connectivity index (χ0v) is 12.3. The number of carboxylic acid groups (broad SMARTS) is 1. The van der Waals surface area contributed by atoms with Crippen LogP contribution in [-0.2, 0) is 4.79 Å². The molecule has 126 valence electrons. The number of aliphatic carboxylic acids is 1. The molecule has 2 rings (SSSR count). The summed E-state index contributed by atoms with van der Waals surface area (Å²) >= 11 is 0. The number of ether oxygens (including phenoxy) is 3. The highest BCUT2D eigenvalue weighted by molar-refractivity contribution is 5.91. The Balaban J connectivity index is 2.04.